The summed E-state index contributed by atoms with van der Waals surface area (Å²) in [7, 11) is 0. The van der Waals surface area contributed by atoms with Gasteiger partial charge in [-0.15, -0.1) is 0 Å². The number of ether oxygens (including phenoxy) is 1. The van der Waals surface area contributed by atoms with E-state index in [0.717, 1.165) is 24.6 Å². The summed E-state index contributed by atoms with van der Waals surface area (Å²) in [6.07, 6.45) is 16.0. The SMILES string of the molecule is O=C1O[C@@H]2[C@@H]3[C@@H](CCC34CC4)C3(CC[C@H]2/C1=C/N1CCCC1)CC3. The molecule has 130 valence electrons. The normalized spacial score (nSPS) is 45.4. The molecule has 2 spiro atoms. The van der Waals surface area contributed by atoms with Crippen LogP contribution in [0.3, 0.4) is 0 Å². The number of carbonyl (C=O) groups excluding carboxylic acids is 1. The maximum atomic E-state index is 12.7. The number of hydrogen-bond donors (Lipinski definition) is 0. The second-order valence-corrected chi connectivity index (χ2v) is 9.74. The van der Waals surface area contributed by atoms with Crippen molar-refractivity contribution in [1.29, 1.82) is 0 Å². The van der Waals surface area contributed by atoms with Gasteiger partial charge in [0.05, 0.1) is 5.57 Å². The van der Waals surface area contributed by atoms with Crippen LogP contribution in [-0.4, -0.2) is 30.1 Å². The first-order chi connectivity index (χ1) is 11.7. The third kappa shape index (κ3) is 1.82. The van der Waals surface area contributed by atoms with Gasteiger partial charge in [0.2, 0.25) is 0 Å². The van der Waals surface area contributed by atoms with Crippen molar-refractivity contribution in [3.8, 4) is 0 Å². The highest BCUT2D eigenvalue weighted by atomic mass is 16.6. The molecule has 0 unspecified atom stereocenters. The van der Waals surface area contributed by atoms with Crippen molar-refractivity contribution in [3.63, 3.8) is 0 Å². The van der Waals surface area contributed by atoms with Crippen molar-refractivity contribution in [2.75, 3.05) is 13.1 Å². The number of nitrogens with zero attached hydrogens (tertiary/aromatic N) is 1. The fraction of sp³-hybridized carbons (Fsp3) is 0.857. The molecule has 3 nitrogen and oxygen atoms in total. The minimum absolute atomic E-state index is 0.0186. The van der Waals surface area contributed by atoms with E-state index in [2.05, 4.69) is 11.1 Å². The Morgan fingerprint density at radius 2 is 1.67 bits per heavy atom. The molecule has 0 bridgehead atoms. The first kappa shape index (κ1) is 14.2. The smallest absolute Gasteiger partial charge is 0.336 e. The van der Waals surface area contributed by atoms with Gasteiger partial charge in [-0.25, -0.2) is 4.79 Å². The van der Waals surface area contributed by atoms with E-state index in [9.17, 15) is 4.79 Å². The Labute approximate surface area is 144 Å². The number of likely N-dealkylation sites (tertiary alicyclic amines) is 1. The summed E-state index contributed by atoms with van der Waals surface area (Å²) in [5.41, 5.74) is 2.24. The Balaban J connectivity index is 1.38. The molecule has 0 aromatic heterocycles. The van der Waals surface area contributed by atoms with Crippen LogP contribution < -0.4 is 0 Å². The van der Waals surface area contributed by atoms with E-state index in [1.54, 1.807) is 0 Å². The highest BCUT2D eigenvalue weighted by Gasteiger charge is 2.69. The molecular weight excluding hydrogens is 298 g/mol. The number of hydrogen-bond acceptors (Lipinski definition) is 3. The van der Waals surface area contributed by atoms with Gasteiger partial charge in [0.1, 0.15) is 6.10 Å². The average Bonchev–Trinajstić information content (AvgIpc) is 3.39. The van der Waals surface area contributed by atoms with E-state index in [1.807, 2.05) is 0 Å². The Bertz CT molecular complexity index is 609. The molecule has 6 fully saturated rings. The van der Waals surface area contributed by atoms with Crippen molar-refractivity contribution in [3.05, 3.63) is 11.8 Å². The highest BCUT2D eigenvalue weighted by molar-refractivity contribution is 5.91. The van der Waals surface area contributed by atoms with Crippen molar-refractivity contribution >= 4 is 5.97 Å². The molecule has 2 aliphatic heterocycles. The van der Waals surface area contributed by atoms with E-state index < -0.39 is 0 Å². The molecule has 0 aromatic carbocycles. The molecule has 6 aliphatic rings. The van der Waals surface area contributed by atoms with Gasteiger partial charge in [-0.05, 0) is 81.0 Å². The minimum Gasteiger partial charge on any atom is -0.458 e. The Hall–Kier alpha value is -0.990. The van der Waals surface area contributed by atoms with Gasteiger partial charge in [-0.1, -0.05) is 0 Å². The average molecular weight is 327 g/mol. The Kier molecular flexibility index (Phi) is 2.72. The number of esters is 1. The molecule has 4 aliphatic carbocycles. The summed E-state index contributed by atoms with van der Waals surface area (Å²) in [5, 5.41) is 0. The highest BCUT2D eigenvalue weighted by Crippen LogP contribution is 2.74. The predicted octanol–water partition coefficient (Wildman–Crippen LogP) is 3.89. The van der Waals surface area contributed by atoms with Gasteiger partial charge in [-0.2, -0.15) is 0 Å². The predicted molar refractivity (Wildman–Crippen MR) is 91.0 cm³/mol. The minimum atomic E-state index is 0.0186. The topological polar surface area (TPSA) is 29.5 Å². The Morgan fingerprint density at radius 3 is 2.38 bits per heavy atom. The molecule has 0 amide bonds. The summed E-state index contributed by atoms with van der Waals surface area (Å²) >= 11 is 0. The molecule has 3 heteroatoms. The zero-order valence-electron chi connectivity index (χ0n) is 14.6. The first-order valence-electron chi connectivity index (χ1n) is 10.4. The summed E-state index contributed by atoms with van der Waals surface area (Å²) in [6, 6.07) is 0. The molecule has 0 N–H and O–H groups in total. The van der Waals surface area contributed by atoms with Gasteiger partial charge in [0.15, 0.2) is 0 Å². The van der Waals surface area contributed by atoms with E-state index in [0.29, 0.717) is 22.7 Å². The Morgan fingerprint density at radius 1 is 0.958 bits per heavy atom. The molecule has 2 heterocycles. The van der Waals surface area contributed by atoms with Gasteiger partial charge in [0, 0.05) is 31.1 Å². The second kappa shape index (κ2) is 4.59. The maximum Gasteiger partial charge on any atom is 0.336 e. The van der Waals surface area contributed by atoms with Crippen LogP contribution in [0.15, 0.2) is 11.8 Å². The third-order valence-corrected chi connectivity index (χ3v) is 8.71. The third-order valence-electron chi connectivity index (χ3n) is 8.71. The van der Waals surface area contributed by atoms with E-state index in [4.69, 9.17) is 4.74 Å². The van der Waals surface area contributed by atoms with Crippen LogP contribution in [0.1, 0.15) is 64.2 Å². The summed E-state index contributed by atoms with van der Waals surface area (Å²) in [6.45, 7) is 2.24. The quantitative estimate of drug-likeness (QED) is 0.540. The fourth-order valence-corrected chi connectivity index (χ4v) is 7.10. The summed E-state index contributed by atoms with van der Waals surface area (Å²) in [5.74, 6) is 1.95. The maximum absolute atomic E-state index is 12.7. The summed E-state index contributed by atoms with van der Waals surface area (Å²) in [4.78, 5) is 15.1. The van der Waals surface area contributed by atoms with E-state index >= 15 is 0 Å². The zero-order valence-corrected chi connectivity index (χ0v) is 14.6. The molecule has 24 heavy (non-hydrogen) atoms. The van der Waals surface area contributed by atoms with Crippen LogP contribution in [0.2, 0.25) is 0 Å². The van der Waals surface area contributed by atoms with Gasteiger partial charge in [-0.3, -0.25) is 0 Å². The number of fused-ring (bicyclic) bond motifs is 5. The van der Waals surface area contributed by atoms with Gasteiger partial charge in [0.25, 0.3) is 0 Å². The lowest BCUT2D eigenvalue weighted by atomic mass is 9.74. The van der Waals surface area contributed by atoms with Crippen LogP contribution in [-0.2, 0) is 9.53 Å². The standard InChI is InChI=1S/C21H29NO2/c23-19-15(13-22-11-1-2-12-22)14-3-5-20(7-8-20)16-4-6-21(9-10-21)17(16)18(14)24-19/h13-14,16-18H,1-12H2/b15-13-/t14-,16+,17-,18-/m0/s1. The molecule has 2 saturated heterocycles. The lowest BCUT2D eigenvalue weighted by molar-refractivity contribution is -0.143. The van der Waals surface area contributed by atoms with Crippen molar-refractivity contribution in [2.24, 2.45) is 28.6 Å². The monoisotopic (exact) mass is 327 g/mol. The number of rotatable bonds is 1. The largest absolute Gasteiger partial charge is 0.458 e. The van der Waals surface area contributed by atoms with Crippen LogP contribution in [0, 0.1) is 28.6 Å². The van der Waals surface area contributed by atoms with Crippen LogP contribution in [0.4, 0.5) is 0 Å². The second-order valence-electron chi connectivity index (χ2n) is 9.74. The van der Waals surface area contributed by atoms with Crippen molar-refractivity contribution < 1.29 is 9.53 Å². The molecule has 6 rings (SSSR count). The molecule has 4 saturated carbocycles. The first-order valence-corrected chi connectivity index (χ1v) is 10.4. The van der Waals surface area contributed by atoms with Gasteiger partial charge < -0.3 is 9.64 Å². The van der Waals surface area contributed by atoms with Crippen LogP contribution >= 0.6 is 0 Å². The van der Waals surface area contributed by atoms with Gasteiger partial charge >= 0.3 is 5.97 Å². The van der Waals surface area contributed by atoms with E-state index in [-0.39, 0.29) is 12.1 Å². The molecule has 0 aromatic rings. The molecule has 4 atom stereocenters. The fourth-order valence-electron chi connectivity index (χ4n) is 7.10. The van der Waals surface area contributed by atoms with Crippen LogP contribution in [0.5, 0.6) is 0 Å². The lowest BCUT2D eigenvalue weighted by Crippen LogP contribution is -2.35. The molecule has 0 radical (unpaired) electrons. The van der Waals surface area contributed by atoms with E-state index in [1.165, 1.54) is 64.2 Å². The number of carbonyl (C=O) groups is 1. The van der Waals surface area contributed by atoms with Crippen molar-refractivity contribution in [2.45, 2.75) is 70.3 Å². The summed E-state index contributed by atoms with van der Waals surface area (Å²) < 4.78 is 6.14. The lowest BCUT2D eigenvalue weighted by Gasteiger charge is -2.33. The zero-order chi connectivity index (χ0) is 15.9. The molecular formula is C21H29NO2. The van der Waals surface area contributed by atoms with Crippen LogP contribution in [0.25, 0.3) is 0 Å². The van der Waals surface area contributed by atoms with Crippen molar-refractivity contribution in [1.82, 2.24) is 4.90 Å².